The summed E-state index contributed by atoms with van der Waals surface area (Å²) < 4.78 is 49.3. The molecule has 1 atom stereocenters. The largest absolute Gasteiger partial charge is 0.405 e. The topological polar surface area (TPSA) is 49.4 Å². The SMILES string of the molecule is O=C(NCC(F)(F)F)[C@H]1CCCN(C(=O)Cc2ccc(F)cc2)C1. The number of benzene rings is 1. The molecule has 0 saturated carbocycles. The zero-order chi connectivity index (χ0) is 17.7. The Labute approximate surface area is 136 Å². The van der Waals surface area contributed by atoms with Gasteiger partial charge in [0.2, 0.25) is 11.8 Å². The van der Waals surface area contributed by atoms with Crippen molar-refractivity contribution in [3.8, 4) is 0 Å². The fourth-order valence-corrected chi connectivity index (χ4v) is 2.64. The van der Waals surface area contributed by atoms with Crippen molar-refractivity contribution in [3.63, 3.8) is 0 Å². The van der Waals surface area contributed by atoms with Gasteiger partial charge in [0.1, 0.15) is 12.4 Å². The molecule has 0 aliphatic carbocycles. The van der Waals surface area contributed by atoms with Crippen LogP contribution in [0.4, 0.5) is 17.6 Å². The van der Waals surface area contributed by atoms with Gasteiger partial charge < -0.3 is 10.2 Å². The van der Waals surface area contributed by atoms with E-state index in [1.54, 1.807) is 0 Å². The molecule has 24 heavy (non-hydrogen) atoms. The van der Waals surface area contributed by atoms with E-state index in [2.05, 4.69) is 0 Å². The Morgan fingerprint density at radius 1 is 1.21 bits per heavy atom. The molecule has 1 saturated heterocycles. The highest BCUT2D eigenvalue weighted by Crippen LogP contribution is 2.19. The van der Waals surface area contributed by atoms with Crippen LogP contribution in [0.25, 0.3) is 0 Å². The smallest absolute Gasteiger partial charge is 0.347 e. The van der Waals surface area contributed by atoms with Gasteiger partial charge in [0.05, 0.1) is 12.3 Å². The Bertz CT molecular complexity index is 587. The molecule has 2 rings (SSSR count). The van der Waals surface area contributed by atoms with Crippen molar-refractivity contribution < 1.29 is 27.2 Å². The lowest BCUT2D eigenvalue weighted by Gasteiger charge is -2.32. The Morgan fingerprint density at radius 3 is 2.50 bits per heavy atom. The molecule has 0 spiro atoms. The second kappa shape index (κ2) is 7.63. The van der Waals surface area contributed by atoms with Gasteiger partial charge in [-0.15, -0.1) is 0 Å². The van der Waals surface area contributed by atoms with Gasteiger partial charge in [0, 0.05) is 13.1 Å². The van der Waals surface area contributed by atoms with Crippen LogP contribution in [0.2, 0.25) is 0 Å². The number of rotatable bonds is 4. The number of carbonyl (C=O) groups is 2. The van der Waals surface area contributed by atoms with Crippen LogP contribution >= 0.6 is 0 Å². The molecule has 132 valence electrons. The zero-order valence-corrected chi connectivity index (χ0v) is 12.9. The van der Waals surface area contributed by atoms with E-state index in [-0.39, 0.29) is 18.9 Å². The van der Waals surface area contributed by atoms with Crippen LogP contribution in [-0.2, 0) is 16.0 Å². The van der Waals surface area contributed by atoms with Crippen LogP contribution in [0.15, 0.2) is 24.3 Å². The van der Waals surface area contributed by atoms with Crippen molar-refractivity contribution in [2.75, 3.05) is 19.6 Å². The molecule has 0 radical (unpaired) electrons. The maximum atomic E-state index is 12.9. The molecule has 1 aromatic carbocycles. The highest BCUT2D eigenvalue weighted by molar-refractivity contribution is 5.82. The van der Waals surface area contributed by atoms with E-state index in [0.29, 0.717) is 24.9 Å². The summed E-state index contributed by atoms with van der Waals surface area (Å²) in [6.07, 6.45) is -3.39. The first-order valence-corrected chi connectivity index (χ1v) is 7.61. The van der Waals surface area contributed by atoms with E-state index < -0.39 is 30.4 Å². The third kappa shape index (κ3) is 5.50. The standard InChI is InChI=1S/C16H18F4N2O2/c17-13-5-3-11(4-6-13)8-14(23)22-7-1-2-12(9-22)15(24)21-10-16(18,19)20/h3-6,12H,1-2,7-10H2,(H,21,24)/t12-/m0/s1. The number of nitrogens with zero attached hydrogens (tertiary/aromatic N) is 1. The third-order valence-corrected chi connectivity index (χ3v) is 3.88. The minimum atomic E-state index is -4.46. The lowest BCUT2D eigenvalue weighted by molar-refractivity contribution is -0.143. The summed E-state index contributed by atoms with van der Waals surface area (Å²) >= 11 is 0. The van der Waals surface area contributed by atoms with Crippen molar-refractivity contribution in [1.29, 1.82) is 0 Å². The molecule has 1 fully saturated rings. The van der Waals surface area contributed by atoms with E-state index in [0.717, 1.165) is 0 Å². The minimum Gasteiger partial charge on any atom is -0.347 e. The predicted octanol–water partition coefficient (Wildman–Crippen LogP) is 2.29. The summed E-state index contributed by atoms with van der Waals surface area (Å²) in [6.45, 7) is -0.807. The molecule has 0 aromatic heterocycles. The highest BCUT2D eigenvalue weighted by atomic mass is 19.4. The van der Waals surface area contributed by atoms with Crippen molar-refractivity contribution in [2.24, 2.45) is 5.92 Å². The monoisotopic (exact) mass is 346 g/mol. The first-order valence-electron chi connectivity index (χ1n) is 7.61. The molecule has 1 aliphatic heterocycles. The summed E-state index contributed by atoms with van der Waals surface area (Å²) in [6, 6.07) is 5.52. The van der Waals surface area contributed by atoms with Gasteiger partial charge in [-0.05, 0) is 30.5 Å². The van der Waals surface area contributed by atoms with Crippen LogP contribution in [0, 0.1) is 11.7 Å². The highest BCUT2D eigenvalue weighted by Gasteiger charge is 2.32. The zero-order valence-electron chi connectivity index (χ0n) is 12.9. The molecule has 1 N–H and O–H groups in total. The molecule has 4 nitrogen and oxygen atoms in total. The van der Waals surface area contributed by atoms with Gasteiger partial charge in [-0.3, -0.25) is 9.59 Å². The van der Waals surface area contributed by atoms with E-state index >= 15 is 0 Å². The Kier molecular flexibility index (Phi) is 5.80. The van der Waals surface area contributed by atoms with Gasteiger partial charge in [-0.2, -0.15) is 13.2 Å². The number of likely N-dealkylation sites (tertiary alicyclic amines) is 1. The predicted molar refractivity (Wildman–Crippen MR) is 78.5 cm³/mol. The normalized spacial score (nSPS) is 18.3. The molecular formula is C16H18F4N2O2. The summed E-state index contributed by atoms with van der Waals surface area (Å²) in [5.74, 6) is -1.95. The van der Waals surface area contributed by atoms with Crippen LogP contribution in [0.5, 0.6) is 0 Å². The van der Waals surface area contributed by atoms with Crippen LogP contribution < -0.4 is 5.32 Å². The van der Waals surface area contributed by atoms with Crippen LogP contribution in [-0.4, -0.2) is 42.5 Å². The first kappa shape index (κ1) is 18.2. The van der Waals surface area contributed by atoms with Crippen molar-refractivity contribution in [2.45, 2.75) is 25.4 Å². The maximum Gasteiger partial charge on any atom is 0.405 e. The fraction of sp³-hybridized carbons (Fsp3) is 0.500. The number of amides is 2. The average Bonchev–Trinajstić information content (AvgIpc) is 2.54. The summed E-state index contributed by atoms with van der Waals surface area (Å²) in [5, 5.41) is 1.86. The number of piperidine rings is 1. The number of hydrogen-bond acceptors (Lipinski definition) is 2. The summed E-state index contributed by atoms with van der Waals surface area (Å²) in [5.41, 5.74) is 0.644. The third-order valence-electron chi connectivity index (χ3n) is 3.88. The van der Waals surface area contributed by atoms with Gasteiger partial charge in [0.15, 0.2) is 0 Å². The van der Waals surface area contributed by atoms with Crippen LogP contribution in [0.3, 0.4) is 0 Å². The fourth-order valence-electron chi connectivity index (χ4n) is 2.64. The molecule has 1 aromatic rings. The minimum absolute atomic E-state index is 0.0666. The van der Waals surface area contributed by atoms with Crippen molar-refractivity contribution in [1.82, 2.24) is 10.2 Å². The lowest BCUT2D eigenvalue weighted by atomic mass is 9.96. The van der Waals surface area contributed by atoms with E-state index in [1.165, 1.54) is 29.2 Å². The Balaban J connectivity index is 1.88. The van der Waals surface area contributed by atoms with Gasteiger partial charge in [0.25, 0.3) is 0 Å². The molecule has 2 amide bonds. The number of alkyl halides is 3. The second-order valence-corrected chi connectivity index (χ2v) is 5.82. The second-order valence-electron chi connectivity index (χ2n) is 5.82. The molecule has 1 aliphatic rings. The Hall–Kier alpha value is -2.12. The van der Waals surface area contributed by atoms with E-state index in [4.69, 9.17) is 0 Å². The van der Waals surface area contributed by atoms with Crippen LogP contribution in [0.1, 0.15) is 18.4 Å². The molecule has 0 bridgehead atoms. The molecule has 0 unspecified atom stereocenters. The average molecular weight is 346 g/mol. The van der Waals surface area contributed by atoms with E-state index in [1.807, 2.05) is 5.32 Å². The quantitative estimate of drug-likeness (QED) is 0.851. The van der Waals surface area contributed by atoms with E-state index in [9.17, 15) is 27.2 Å². The van der Waals surface area contributed by atoms with Gasteiger partial charge >= 0.3 is 6.18 Å². The maximum absolute atomic E-state index is 12.9. The van der Waals surface area contributed by atoms with Gasteiger partial charge in [-0.1, -0.05) is 12.1 Å². The van der Waals surface area contributed by atoms with Crippen molar-refractivity contribution >= 4 is 11.8 Å². The molecule has 8 heteroatoms. The lowest BCUT2D eigenvalue weighted by Crippen LogP contribution is -2.47. The summed E-state index contributed by atoms with van der Waals surface area (Å²) in [4.78, 5) is 25.6. The number of halogens is 4. The summed E-state index contributed by atoms with van der Waals surface area (Å²) in [7, 11) is 0. The van der Waals surface area contributed by atoms with Gasteiger partial charge in [-0.25, -0.2) is 4.39 Å². The first-order chi connectivity index (χ1) is 11.2. The number of hydrogen-bond donors (Lipinski definition) is 1. The Morgan fingerprint density at radius 2 is 1.88 bits per heavy atom. The molecular weight excluding hydrogens is 328 g/mol. The molecule has 1 heterocycles. The number of nitrogens with one attached hydrogen (secondary N) is 1. The van der Waals surface area contributed by atoms with Crippen molar-refractivity contribution in [3.05, 3.63) is 35.6 Å². The number of carbonyl (C=O) groups excluding carboxylic acids is 2.